The summed E-state index contributed by atoms with van der Waals surface area (Å²) in [6, 6.07) is 7.14. The van der Waals surface area contributed by atoms with Crippen LogP contribution in [-0.4, -0.2) is 33.8 Å². The third kappa shape index (κ3) is 4.52. The van der Waals surface area contributed by atoms with Gasteiger partial charge in [0, 0.05) is 0 Å². The maximum absolute atomic E-state index is 11.8. The molecule has 0 aliphatic carbocycles. The highest BCUT2D eigenvalue weighted by atomic mass is 32.2. The van der Waals surface area contributed by atoms with Crippen LogP contribution in [0.2, 0.25) is 0 Å². The smallest absolute Gasteiger partial charge is 0.326 e. The van der Waals surface area contributed by atoms with Crippen molar-refractivity contribution in [1.82, 2.24) is 0 Å². The van der Waals surface area contributed by atoms with E-state index in [9.17, 15) is 13.2 Å². The van der Waals surface area contributed by atoms with Crippen molar-refractivity contribution in [2.75, 3.05) is 23.7 Å². The predicted molar refractivity (Wildman–Crippen MR) is 79.4 cm³/mol. The van der Waals surface area contributed by atoms with E-state index in [-0.39, 0.29) is 13.2 Å². The number of hydrogen-bond donors (Lipinski definition) is 0. The predicted octanol–water partition coefficient (Wildman–Crippen LogP) is 2.14. The molecule has 0 amide bonds. The van der Waals surface area contributed by atoms with Crippen LogP contribution >= 0.6 is 0 Å². The fourth-order valence-electron chi connectivity index (χ4n) is 1.75. The third-order valence-electron chi connectivity index (χ3n) is 2.83. The molecule has 0 atom stereocenters. The maximum Gasteiger partial charge on any atom is 0.326 e. The van der Waals surface area contributed by atoms with Gasteiger partial charge in [0.05, 0.1) is 18.6 Å². The Morgan fingerprint density at radius 2 is 1.80 bits per heavy atom. The van der Waals surface area contributed by atoms with Crippen molar-refractivity contribution in [3.05, 3.63) is 29.8 Å². The van der Waals surface area contributed by atoms with Crippen LogP contribution in [0.5, 0.6) is 0 Å². The summed E-state index contributed by atoms with van der Waals surface area (Å²) in [5.41, 5.74) is 1.57. The highest BCUT2D eigenvalue weighted by Gasteiger charge is 2.21. The number of benzene rings is 1. The molecule has 0 fully saturated rings. The van der Waals surface area contributed by atoms with Crippen LogP contribution in [0.1, 0.15) is 32.3 Å². The van der Waals surface area contributed by atoms with E-state index in [1.165, 1.54) is 0 Å². The highest BCUT2D eigenvalue weighted by Crippen LogP contribution is 2.21. The number of nitrogens with zero attached hydrogens (tertiary/aromatic N) is 1. The Morgan fingerprint density at radius 3 is 2.20 bits per heavy atom. The van der Waals surface area contributed by atoms with E-state index in [0.717, 1.165) is 16.1 Å². The second-order valence-electron chi connectivity index (χ2n) is 4.82. The Labute approximate surface area is 120 Å². The van der Waals surface area contributed by atoms with Crippen molar-refractivity contribution in [3.63, 3.8) is 0 Å². The van der Waals surface area contributed by atoms with E-state index in [0.29, 0.717) is 11.6 Å². The Morgan fingerprint density at radius 1 is 1.25 bits per heavy atom. The molecule has 1 rings (SSSR count). The number of carbonyl (C=O) groups is 1. The molecule has 0 bridgehead atoms. The summed E-state index contributed by atoms with van der Waals surface area (Å²) < 4.78 is 29.5. The number of sulfonamides is 1. The molecular formula is C14H21NO4S. The van der Waals surface area contributed by atoms with Crippen molar-refractivity contribution in [2.24, 2.45) is 0 Å². The van der Waals surface area contributed by atoms with E-state index in [4.69, 9.17) is 4.74 Å². The zero-order valence-corrected chi connectivity index (χ0v) is 13.1. The van der Waals surface area contributed by atoms with Gasteiger partial charge in [-0.2, -0.15) is 0 Å². The van der Waals surface area contributed by atoms with E-state index in [1.807, 2.05) is 12.1 Å². The zero-order chi connectivity index (χ0) is 15.3. The minimum Gasteiger partial charge on any atom is -0.465 e. The first kappa shape index (κ1) is 16.5. The maximum atomic E-state index is 11.8. The number of rotatable bonds is 6. The van der Waals surface area contributed by atoms with Crippen molar-refractivity contribution in [2.45, 2.75) is 26.7 Å². The van der Waals surface area contributed by atoms with Crippen LogP contribution in [0.3, 0.4) is 0 Å². The van der Waals surface area contributed by atoms with E-state index >= 15 is 0 Å². The molecule has 5 nitrogen and oxygen atoms in total. The molecule has 0 radical (unpaired) electrons. The minimum absolute atomic E-state index is 0.225. The average molecular weight is 299 g/mol. The summed E-state index contributed by atoms with van der Waals surface area (Å²) in [5.74, 6) is -0.202. The molecule has 0 N–H and O–H groups in total. The first-order valence-corrected chi connectivity index (χ1v) is 8.33. The van der Waals surface area contributed by atoms with Gasteiger partial charge in [0.15, 0.2) is 0 Å². The van der Waals surface area contributed by atoms with E-state index in [2.05, 4.69) is 13.8 Å². The van der Waals surface area contributed by atoms with Crippen molar-refractivity contribution >= 4 is 21.7 Å². The van der Waals surface area contributed by atoms with Gasteiger partial charge in [0.2, 0.25) is 10.0 Å². The number of carbonyl (C=O) groups excluding carboxylic acids is 1. The summed E-state index contributed by atoms with van der Waals surface area (Å²) in [5, 5.41) is 0. The largest absolute Gasteiger partial charge is 0.465 e. The molecule has 0 aliphatic rings. The number of esters is 1. The summed E-state index contributed by atoms with van der Waals surface area (Å²) in [6.07, 6.45) is 1.07. The Hall–Kier alpha value is -1.56. The molecule has 0 heterocycles. The molecule has 1 aromatic carbocycles. The topological polar surface area (TPSA) is 63.7 Å². The first-order valence-electron chi connectivity index (χ1n) is 6.49. The summed E-state index contributed by atoms with van der Waals surface area (Å²) >= 11 is 0. The zero-order valence-electron chi connectivity index (χ0n) is 12.3. The van der Waals surface area contributed by atoms with Gasteiger partial charge < -0.3 is 4.74 Å². The fourth-order valence-corrected chi connectivity index (χ4v) is 2.59. The van der Waals surface area contributed by atoms with E-state index < -0.39 is 16.0 Å². The van der Waals surface area contributed by atoms with Crippen LogP contribution in [0, 0.1) is 0 Å². The molecule has 6 heteroatoms. The molecule has 112 valence electrons. The normalized spacial score (nSPS) is 11.4. The van der Waals surface area contributed by atoms with Crippen LogP contribution in [0.4, 0.5) is 5.69 Å². The van der Waals surface area contributed by atoms with Crippen LogP contribution in [-0.2, 0) is 19.6 Å². The molecule has 0 spiro atoms. The lowest BCUT2D eigenvalue weighted by Gasteiger charge is -2.21. The first-order chi connectivity index (χ1) is 9.25. The molecule has 1 aromatic rings. The standard InChI is InChI=1S/C14H21NO4S/c1-5-19-14(16)10-15(20(4,17)18)13-8-6-12(7-9-13)11(2)3/h6-9,11H,5,10H2,1-4H3. The van der Waals surface area contributed by atoms with Crippen LogP contribution in [0.15, 0.2) is 24.3 Å². The van der Waals surface area contributed by atoms with Gasteiger partial charge >= 0.3 is 5.97 Å². The lowest BCUT2D eigenvalue weighted by atomic mass is 10.0. The monoisotopic (exact) mass is 299 g/mol. The van der Waals surface area contributed by atoms with Gasteiger partial charge in [-0.1, -0.05) is 26.0 Å². The van der Waals surface area contributed by atoms with Gasteiger partial charge in [-0.05, 0) is 30.5 Å². The quantitative estimate of drug-likeness (QED) is 0.755. The summed E-state index contributed by atoms with van der Waals surface area (Å²) in [7, 11) is -3.53. The summed E-state index contributed by atoms with van der Waals surface area (Å²) in [4.78, 5) is 11.5. The van der Waals surface area contributed by atoms with Gasteiger partial charge in [-0.25, -0.2) is 8.42 Å². The minimum atomic E-state index is -3.53. The summed E-state index contributed by atoms with van der Waals surface area (Å²) in [6.45, 7) is 5.71. The van der Waals surface area contributed by atoms with Crippen molar-refractivity contribution < 1.29 is 17.9 Å². The van der Waals surface area contributed by atoms with Crippen molar-refractivity contribution in [1.29, 1.82) is 0 Å². The Balaban J connectivity index is 3.03. The van der Waals surface area contributed by atoms with Gasteiger partial charge in [0.1, 0.15) is 6.54 Å². The average Bonchev–Trinajstić information content (AvgIpc) is 2.35. The SMILES string of the molecule is CCOC(=O)CN(c1ccc(C(C)C)cc1)S(C)(=O)=O. The Kier molecular flexibility index (Phi) is 5.56. The number of hydrogen-bond acceptors (Lipinski definition) is 4. The van der Waals surface area contributed by atoms with Gasteiger partial charge in [-0.3, -0.25) is 9.10 Å². The van der Waals surface area contributed by atoms with Crippen molar-refractivity contribution in [3.8, 4) is 0 Å². The molecule has 20 heavy (non-hydrogen) atoms. The fraction of sp³-hybridized carbons (Fsp3) is 0.500. The number of ether oxygens (including phenoxy) is 1. The van der Waals surface area contributed by atoms with Crippen LogP contribution < -0.4 is 4.31 Å². The number of anilines is 1. The molecule has 0 saturated heterocycles. The van der Waals surface area contributed by atoms with E-state index in [1.54, 1.807) is 19.1 Å². The molecule has 0 saturated carbocycles. The molecule has 0 aliphatic heterocycles. The van der Waals surface area contributed by atoms with Crippen LogP contribution in [0.25, 0.3) is 0 Å². The van der Waals surface area contributed by atoms with Gasteiger partial charge in [-0.15, -0.1) is 0 Å². The molecule has 0 aromatic heterocycles. The second-order valence-corrected chi connectivity index (χ2v) is 6.73. The lowest BCUT2D eigenvalue weighted by Crippen LogP contribution is -2.35. The second kappa shape index (κ2) is 6.74. The molecule has 0 unspecified atom stereocenters. The lowest BCUT2D eigenvalue weighted by molar-refractivity contribution is -0.141. The highest BCUT2D eigenvalue weighted by molar-refractivity contribution is 7.92. The Bertz CT molecular complexity index is 549. The van der Waals surface area contributed by atoms with Gasteiger partial charge in [0.25, 0.3) is 0 Å². The molecular weight excluding hydrogens is 278 g/mol. The third-order valence-corrected chi connectivity index (χ3v) is 3.97.